The van der Waals surface area contributed by atoms with Gasteiger partial charge in [-0.25, -0.2) is 0 Å². The first-order valence-corrected chi connectivity index (χ1v) is 5.50. The van der Waals surface area contributed by atoms with Crippen LogP contribution < -0.4 is 16.4 Å². The normalized spacial score (nSPS) is 14.6. The van der Waals surface area contributed by atoms with Crippen molar-refractivity contribution >= 4 is 23.4 Å². The third kappa shape index (κ3) is 2.32. The molecule has 0 saturated carbocycles. The molecule has 0 aromatic heterocycles. The number of primary amides is 1. The summed E-state index contributed by atoms with van der Waals surface area (Å²) >= 11 is 0. The second kappa shape index (κ2) is 4.48. The van der Waals surface area contributed by atoms with E-state index in [0.717, 1.165) is 5.56 Å². The molecular formula is C12H13N3O3. The van der Waals surface area contributed by atoms with Crippen molar-refractivity contribution < 1.29 is 14.4 Å². The Bertz CT molecular complexity index is 539. The Balaban J connectivity index is 2.15. The molecule has 1 unspecified atom stereocenters. The maximum Gasteiger partial charge on any atom is 0.251 e. The van der Waals surface area contributed by atoms with Gasteiger partial charge in [0.15, 0.2) is 0 Å². The molecule has 1 aliphatic heterocycles. The molecule has 1 aliphatic rings. The van der Waals surface area contributed by atoms with Crippen molar-refractivity contribution in [2.45, 2.75) is 19.4 Å². The number of carbonyl (C=O) groups excluding carboxylic acids is 3. The van der Waals surface area contributed by atoms with E-state index in [1.54, 1.807) is 18.2 Å². The van der Waals surface area contributed by atoms with Crippen molar-refractivity contribution in [1.82, 2.24) is 5.32 Å². The molecule has 6 heteroatoms. The van der Waals surface area contributed by atoms with E-state index in [2.05, 4.69) is 10.6 Å². The molecule has 0 saturated heterocycles. The lowest BCUT2D eigenvalue weighted by atomic mass is 10.1. The van der Waals surface area contributed by atoms with Gasteiger partial charge >= 0.3 is 0 Å². The van der Waals surface area contributed by atoms with Crippen LogP contribution in [0.2, 0.25) is 0 Å². The van der Waals surface area contributed by atoms with Gasteiger partial charge in [-0.05, 0) is 24.6 Å². The Morgan fingerprint density at radius 1 is 1.44 bits per heavy atom. The van der Waals surface area contributed by atoms with E-state index >= 15 is 0 Å². The lowest BCUT2D eigenvalue weighted by molar-refractivity contribution is -0.119. The van der Waals surface area contributed by atoms with Crippen molar-refractivity contribution in [3.8, 4) is 0 Å². The summed E-state index contributed by atoms with van der Waals surface area (Å²) in [7, 11) is 0. The molecule has 4 N–H and O–H groups in total. The zero-order valence-electron chi connectivity index (χ0n) is 9.82. The highest BCUT2D eigenvalue weighted by Crippen LogP contribution is 2.23. The largest absolute Gasteiger partial charge is 0.368 e. The first kappa shape index (κ1) is 12.1. The summed E-state index contributed by atoms with van der Waals surface area (Å²) in [6.45, 7) is 1.51. The minimum absolute atomic E-state index is 0.0898. The average Bonchev–Trinajstić information content (AvgIpc) is 2.67. The van der Waals surface area contributed by atoms with Crippen LogP contribution in [0.25, 0.3) is 0 Å². The van der Waals surface area contributed by atoms with Crippen LogP contribution in [0, 0.1) is 0 Å². The predicted molar refractivity (Wildman–Crippen MR) is 64.9 cm³/mol. The van der Waals surface area contributed by atoms with Crippen LogP contribution in [0.3, 0.4) is 0 Å². The zero-order chi connectivity index (χ0) is 13.3. The summed E-state index contributed by atoms with van der Waals surface area (Å²) in [5.41, 5.74) is 6.94. The quantitative estimate of drug-likeness (QED) is 0.688. The summed E-state index contributed by atoms with van der Waals surface area (Å²) in [6.07, 6.45) is 0.328. The van der Waals surface area contributed by atoms with Crippen LogP contribution in [0.5, 0.6) is 0 Å². The fourth-order valence-electron chi connectivity index (χ4n) is 1.71. The monoisotopic (exact) mass is 247 g/mol. The molecule has 18 heavy (non-hydrogen) atoms. The Kier molecular flexibility index (Phi) is 3.01. The molecule has 1 aromatic rings. The van der Waals surface area contributed by atoms with Crippen molar-refractivity contribution in [3.05, 3.63) is 29.3 Å². The second-order valence-corrected chi connectivity index (χ2v) is 4.19. The third-order valence-corrected chi connectivity index (χ3v) is 2.77. The van der Waals surface area contributed by atoms with Crippen molar-refractivity contribution in [1.29, 1.82) is 0 Å². The summed E-state index contributed by atoms with van der Waals surface area (Å²) < 4.78 is 0. The smallest absolute Gasteiger partial charge is 0.251 e. The van der Waals surface area contributed by atoms with Crippen molar-refractivity contribution in [3.63, 3.8) is 0 Å². The van der Waals surface area contributed by atoms with Gasteiger partial charge in [-0.1, -0.05) is 6.07 Å². The predicted octanol–water partition coefficient (Wildman–Crippen LogP) is -0.215. The fraction of sp³-hybridized carbons (Fsp3) is 0.250. The standard InChI is InChI=1S/C12H13N3O3/c1-6(11(13)17)14-12(18)8-3-2-7-5-10(16)15-9(7)4-8/h2-4,6H,5H2,1H3,(H2,13,17)(H,14,18)(H,15,16). The molecule has 0 radical (unpaired) electrons. The maximum atomic E-state index is 11.8. The molecule has 3 amide bonds. The molecule has 1 aromatic carbocycles. The molecular weight excluding hydrogens is 234 g/mol. The SMILES string of the molecule is CC(NC(=O)c1ccc2c(c1)NC(=O)C2)C(N)=O. The first-order chi connectivity index (χ1) is 8.47. The highest BCUT2D eigenvalue weighted by atomic mass is 16.2. The summed E-state index contributed by atoms with van der Waals surface area (Å²) in [5, 5.41) is 5.13. The van der Waals surface area contributed by atoms with Gasteiger partial charge < -0.3 is 16.4 Å². The Morgan fingerprint density at radius 2 is 2.17 bits per heavy atom. The van der Waals surface area contributed by atoms with Crippen LogP contribution in [0.15, 0.2) is 18.2 Å². The molecule has 0 aliphatic carbocycles. The van der Waals surface area contributed by atoms with E-state index in [9.17, 15) is 14.4 Å². The van der Waals surface area contributed by atoms with Crippen molar-refractivity contribution in [2.24, 2.45) is 5.73 Å². The van der Waals surface area contributed by atoms with E-state index in [4.69, 9.17) is 5.73 Å². The van der Waals surface area contributed by atoms with E-state index < -0.39 is 17.9 Å². The van der Waals surface area contributed by atoms with E-state index in [1.165, 1.54) is 6.92 Å². The molecule has 1 atom stereocenters. The molecule has 0 spiro atoms. The van der Waals surface area contributed by atoms with Crippen LogP contribution >= 0.6 is 0 Å². The highest BCUT2D eigenvalue weighted by Gasteiger charge is 2.20. The molecule has 2 rings (SSSR count). The molecule has 6 nitrogen and oxygen atoms in total. The number of anilines is 1. The van der Waals surface area contributed by atoms with Gasteiger partial charge in [0.2, 0.25) is 11.8 Å². The number of carbonyl (C=O) groups is 3. The topological polar surface area (TPSA) is 101 Å². The number of hydrogen-bond donors (Lipinski definition) is 3. The van der Waals surface area contributed by atoms with Gasteiger partial charge in [0.1, 0.15) is 6.04 Å². The van der Waals surface area contributed by atoms with Crippen molar-refractivity contribution in [2.75, 3.05) is 5.32 Å². The Hall–Kier alpha value is -2.37. The number of fused-ring (bicyclic) bond motifs is 1. The van der Waals surface area contributed by atoms with Gasteiger partial charge in [0.25, 0.3) is 5.91 Å². The van der Waals surface area contributed by atoms with Gasteiger partial charge in [0.05, 0.1) is 6.42 Å². The van der Waals surface area contributed by atoms with Crippen LogP contribution in [-0.2, 0) is 16.0 Å². The highest BCUT2D eigenvalue weighted by molar-refractivity contribution is 6.03. The first-order valence-electron chi connectivity index (χ1n) is 5.50. The number of benzene rings is 1. The van der Waals surface area contributed by atoms with E-state index in [-0.39, 0.29) is 5.91 Å². The third-order valence-electron chi connectivity index (χ3n) is 2.77. The molecule has 0 fully saturated rings. The number of hydrogen-bond acceptors (Lipinski definition) is 3. The van der Waals surface area contributed by atoms with Gasteiger partial charge in [0, 0.05) is 11.3 Å². The number of rotatable bonds is 3. The number of nitrogens with two attached hydrogens (primary N) is 1. The number of nitrogens with one attached hydrogen (secondary N) is 2. The average molecular weight is 247 g/mol. The molecule has 1 heterocycles. The van der Waals surface area contributed by atoms with Gasteiger partial charge in [-0.3, -0.25) is 14.4 Å². The van der Waals surface area contributed by atoms with E-state index in [0.29, 0.717) is 17.7 Å². The lowest BCUT2D eigenvalue weighted by Gasteiger charge is -2.10. The molecule has 0 bridgehead atoms. The van der Waals surface area contributed by atoms with Crippen LogP contribution in [0.1, 0.15) is 22.8 Å². The van der Waals surface area contributed by atoms with Gasteiger partial charge in [-0.2, -0.15) is 0 Å². The number of amides is 3. The Labute approximate surface area is 104 Å². The lowest BCUT2D eigenvalue weighted by Crippen LogP contribution is -2.42. The summed E-state index contributed by atoms with van der Waals surface area (Å²) in [6, 6.07) is 4.18. The minimum Gasteiger partial charge on any atom is -0.368 e. The fourth-order valence-corrected chi connectivity index (χ4v) is 1.71. The van der Waals surface area contributed by atoms with Gasteiger partial charge in [-0.15, -0.1) is 0 Å². The minimum atomic E-state index is -0.736. The summed E-state index contributed by atoms with van der Waals surface area (Å²) in [5.74, 6) is -1.09. The van der Waals surface area contributed by atoms with Crippen LogP contribution in [-0.4, -0.2) is 23.8 Å². The Morgan fingerprint density at radius 3 is 2.83 bits per heavy atom. The maximum absolute atomic E-state index is 11.8. The van der Waals surface area contributed by atoms with E-state index in [1.807, 2.05) is 0 Å². The molecule has 94 valence electrons. The second-order valence-electron chi connectivity index (χ2n) is 4.19. The summed E-state index contributed by atoms with van der Waals surface area (Å²) in [4.78, 5) is 33.8. The zero-order valence-corrected chi connectivity index (χ0v) is 9.82. The van der Waals surface area contributed by atoms with Crippen LogP contribution in [0.4, 0.5) is 5.69 Å².